The van der Waals surface area contributed by atoms with Crippen LogP contribution in [0.25, 0.3) is 10.9 Å². The van der Waals surface area contributed by atoms with Crippen molar-refractivity contribution in [2.45, 2.75) is 20.3 Å². The maximum atomic E-state index is 3.27. The predicted octanol–water partition coefficient (Wildman–Crippen LogP) is 3.04. The summed E-state index contributed by atoms with van der Waals surface area (Å²) in [7, 11) is 0. The van der Waals surface area contributed by atoms with E-state index in [0.29, 0.717) is 0 Å². The third-order valence-corrected chi connectivity index (χ3v) is 2.30. The van der Waals surface area contributed by atoms with Crippen LogP contribution in [0.3, 0.4) is 0 Å². The van der Waals surface area contributed by atoms with Gasteiger partial charge in [-0.2, -0.15) is 0 Å². The van der Waals surface area contributed by atoms with Crippen molar-refractivity contribution in [3.63, 3.8) is 0 Å². The fourth-order valence-corrected chi connectivity index (χ4v) is 1.58. The average Bonchev–Trinajstić information content (AvgIpc) is 2.46. The molecule has 62 valence electrons. The van der Waals surface area contributed by atoms with Crippen LogP contribution in [0.4, 0.5) is 0 Å². The minimum atomic E-state index is 1.10. The Bertz CT molecular complexity index is 398. The Labute approximate surface area is 72.4 Å². The summed E-state index contributed by atoms with van der Waals surface area (Å²) < 4.78 is 0. The van der Waals surface area contributed by atoms with Crippen LogP contribution in [0.2, 0.25) is 0 Å². The number of nitrogens with one attached hydrogen (secondary N) is 1. The number of benzene rings is 1. The summed E-state index contributed by atoms with van der Waals surface area (Å²) in [4.78, 5) is 3.27. The highest BCUT2D eigenvalue weighted by Crippen LogP contribution is 2.19. The average molecular weight is 159 g/mol. The van der Waals surface area contributed by atoms with Gasteiger partial charge in [-0.05, 0) is 31.0 Å². The van der Waals surface area contributed by atoms with Crippen molar-refractivity contribution in [1.29, 1.82) is 0 Å². The molecule has 0 saturated carbocycles. The molecule has 1 aromatic heterocycles. The Balaban J connectivity index is 2.75. The third kappa shape index (κ3) is 1.02. The maximum absolute atomic E-state index is 3.27. The first-order chi connectivity index (χ1) is 5.81. The molecule has 0 aliphatic carbocycles. The van der Waals surface area contributed by atoms with Crippen molar-refractivity contribution in [3.8, 4) is 0 Å². The monoisotopic (exact) mass is 159 g/mol. The molecule has 2 rings (SSSR count). The first kappa shape index (κ1) is 7.41. The standard InChI is InChI=1S/C11H13N/c1-3-9-7-12-11-5-4-8(2)6-10(9)11/h4-7,12H,3H2,1-2H3. The lowest BCUT2D eigenvalue weighted by Gasteiger charge is -1.95. The summed E-state index contributed by atoms with van der Waals surface area (Å²) in [6.07, 6.45) is 3.20. The molecule has 0 amide bonds. The van der Waals surface area contributed by atoms with Gasteiger partial charge in [0.2, 0.25) is 0 Å². The van der Waals surface area contributed by atoms with Crippen molar-refractivity contribution in [3.05, 3.63) is 35.5 Å². The molecule has 1 heterocycles. The van der Waals surface area contributed by atoms with Crippen LogP contribution in [0.15, 0.2) is 24.4 Å². The second-order valence-electron chi connectivity index (χ2n) is 3.22. The maximum Gasteiger partial charge on any atom is 0.0456 e. The summed E-state index contributed by atoms with van der Waals surface area (Å²) >= 11 is 0. The topological polar surface area (TPSA) is 15.8 Å². The van der Waals surface area contributed by atoms with E-state index in [1.165, 1.54) is 22.0 Å². The number of aromatic nitrogens is 1. The van der Waals surface area contributed by atoms with Crippen LogP contribution in [0.5, 0.6) is 0 Å². The first-order valence-corrected chi connectivity index (χ1v) is 4.38. The normalized spacial score (nSPS) is 10.8. The number of H-pyrrole nitrogens is 1. The highest BCUT2D eigenvalue weighted by Gasteiger charge is 2.00. The quantitative estimate of drug-likeness (QED) is 0.658. The molecule has 0 aliphatic heterocycles. The van der Waals surface area contributed by atoms with Gasteiger partial charge in [0.15, 0.2) is 0 Å². The van der Waals surface area contributed by atoms with Crippen molar-refractivity contribution in [2.75, 3.05) is 0 Å². The van der Waals surface area contributed by atoms with Gasteiger partial charge >= 0.3 is 0 Å². The Morgan fingerprint density at radius 3 is 2.92 bits per heavy atom. The number of aromatic amines is 1. The molecule has 1 aromatic carbocycles. The Morgan fingerprint density at radius 1 is 1.33 bits per heavy atom. The van der Waals surface area contributed by atoms with Gasteiger partial charge in [-0.3, -0.25) is 0 Å². The first-order valence-electron chi connectivity index (χ1n) is 4.38. The van der Waals surface area contributed by atoms with Crippen molar-refractivity contribution in [1.82, 2.24) is 4.98 Å². The molecule has 2 aromatic rings. The second-order valence-corrected chi connectivity index (χ2v) is 3.22. The molecule has 0 bridgehead atoms. The van der Waals surface area contributed by atoms with Gasteiger partial charge in [-0.25, -0.2) is 0 Å². The van der Waals surface area contributed by atoms with Gasteiger partial charge in [-0.15, -0.1) is 0 Å². The molecule has 0 unspecified atom stereocenters. The molecule has 0 saturated heterocycles. The SMILES string of the molecule is CCc1c[nH]c2ccc(C)cc12. The van der Waals surface area contributed by atoms with Gasteiger partial charge in [0.1, 0.15) is 0 Å². The van der Waals surface area contributed by atoms with Crippen LogP contribution < -0.4 is 0 Å². The lowest BCUT2D eigenvalue weighted by molar-refractivity contribution is 1.15. The van der Waals surface area contributed by atoms with Crippen LogP contribution in [-0.4, -0.2) is 4.98 Å². The minimum Gasteiger partial charge on any atom is -0.361 e. The molecule has 0 fully saturated rings. The molecule has 0 radical (unpaired) electrons. The fraction of sp³-hybridized carbons (Fsp3) is 0.273. The molecular weight excluding hydrogens is 146 g/mol. The molecular formula is C11H13N. The number of hydrogen-bond acceptors (Lipinski definition) is 0. The van der Waals surface area contributed by atoms with E-state index in [1.807, 2.05) is 0 Å². The molecule has 1 nitrogen and oxygen atoms in total. The van der Waals surface area contributed by atoms with E-state index in [1.54, 1.807) is 0 Å². The summed E-state index contributed by atoms with van der Waals surface area (Å²) in [5, 5.41) is 1.37. The number of rotatable bonds is 1. The molecule has 0 aliphatic rings. The van der Waals surface area contributed by atoms with E-state index in [-0.39, 0.29) is 0 Å². The molecule has 1 heteroatoms. The van der Waals surface area contributed by atoms with Gasteiger partial charge in [-0.1, -0.05) is 18.6 Å². The minimum absolute atomic E-state index is 1.10. The van der Waals surface area contributed by atoms with E-state index < -0.39 is 0 Å². The van der Waals surface area contributed by atoms with Gasteiger partial charge in [0.25, 0.3) is 0 Å². The van der Waals surface area contributed by atoms with Crippen LogP contribution in [0, 0.1) is 6.92 Å². The third-order valence-electron chi connectivity index (χ3n) is 2.30. The van der Waals surface area contributed by atoms with E-state index in [0.717, 1.165) is 6.42 Å². The van der Waals surface area contributed by atoms with E-state index >= 15 is 0 Å². The Hall–Kier alpha value is -1.24. The van der Waals surface area contributed by atoms with Crippen molar-refractivity contribution in [2.24, 2.45) is 0 Å². The Kier molecular flexibility index (Phi) is 1.65. The predicted molar refractivity (Wildman–Crippen MR) is 52.4 cm³/mol. The fourth-order valence-electron chi connectivity index (χ4n) is 1.58. The zero-order valence-electron chi connectivity index (χ0n) is 7.52. The van der Waals surface area contributed by atoms with Gasteiger partial charge < -0.3 is 4.98 Å². The Morgan fingerprint density at radius 2 is 2.17 bits per heavy atom. The van der Waals surface area contributed by atoms with Crippen molar-refractivity contribution >= 4 is 10.9 Å². The number of aryl methyl sites for hydroxylation is 2. The van der Waals surface area contributed by atoms with E-state index in [9.17, 15) is 0 Å². The number of fused-ring (bicyclic) bond motifs is 1. The highest BCUT2D eigenvalue weighted by atomic mass is 14.7. The lowest BCUT2D eigenvalue weighted by atomic mass is 10.1. The summed E-state index contributed by atoms with van der Waals surface area (Å²) in [6.45, 7) is 4.32. The molecule has 1 N–H and O–H groups in total. The largest absolute Gasteiger partial charge is 0.361 e. The van der Waals surface area contributed by atoms with Crippen LogP contribution >= 0.6 is 0 Å². The number of hydrogen-bond donors (Lipinski definition) is 1. The molecule has 0 atom stereocenters. The lowest BCUT2D eigenvalue weighted by Crippen LogP contribution is -1.76. The smallest absolute Gasteiger partial charge is 0.0456 e. The van der Waals surface area contributed by atoms with Gasteiger partial charge in [0, 0.05) is 17.1 Å². The van der Waals surface area contributed by atoms with E-state index in [4.69, 9.17) is 0 Å². The highest BCUT2D eigenvalue weighted by molar-refractivity contribution is 5.83. The molecule has 0 spiro atoms. The van der Waals surface area contributed by atoms with Crippen LogP contribution in [-0.2, 0) is 6.42 Å². The zero-order valence-corrected chi connectivity index (χ0v) is 7.52. The molecule has 12 heavy (non-hydrogen) atoms. The summed E-state index contributed by atoms with van der Waals surface area (Å²) in [6, 6.07) is 6.52. The summed E-state index contributed by atoms with van der Waals surface area (Å²) in [5.41, 5.74) is 3.99. The second kappa shape index (κ2) is 2.67. The van der Waals surface area contributed by atoms with Crippen molar-refractivity contribution < 1.29 is 0 Å². The zero-order chi connectivity index (χ0) is 8.55. The van der Waals surface area contributed by atoms with Crippen LogP contribution in [0.1, 0.15) is 18.1 Å². The van der Waals surface area contributed by atoms with Gasteiger partial charge in [0.05, 0.1) is 0 Å². The summed E-state index contributed by atoms with van der Waals surface area (Å²) in [5.74, 6) is 0. The van der Waals surface area contributed by atoms with E-state index in [2.05, 4.69) is 43.2 Å².